The Labute approximate surface area is 309 Å². The molecule has 0 bridgehead atoms. The second-order valence-electron chi connectivity index (χ2n) is 13.1. The fourth-order valence-electron chi connectivity index (χ4n) is 7.98. The van der Waals surface area contributed by atoms with E-state index in [1.807, 2.05) is 30.3 Å². The Bertz CT molecular complexity index is 2970. The van der Waals surface area contributed by atoms with Crippen LogP contribution in [0.1, 0.15) is 0 Å². The molecule has 0 aliphatic carbocycles. The third-order valence-corrected chi connectivity index (χ3v) is 10.7. The van der Waals surface area contributed by atoms with E-state index >= 15 is 0 Å². The SMILES string of the molecule is Brc1ccccc1.c1ccc(-n2c3ccccc3c3cc(-n4c5ccccc5c5ccccc54)c(-n4c5ccccc5c5ccccc54)cc32)cc1. The Morgan fingerprint density at radius 2 is 0.596 bits per heavy atom. The second-order valence-corrected chi connectivity index (χ2v) is 14.0. The van der Waals surface area contributed by atoms with Crippen molar-refractivity contribution in [2.75, 3.05) is 0 Å². The summed E-state index contributed by atoms with van der Waals surface area (Å²) in [5, 5.41) is 7.50. The van der Waals surface area contributed by atoms with Gasteiger partial charge in [-0.25, -0.2) is 0 Å². The van der Waals surface area contributed by atoms with Crippen molar-refractivity contribution in [2.45, 2.75) is 0 Å². The molecule has 3 heterocycles. The molecule has 8 aromatic carbocycles. The molecule has 0 fully saturated rings. The third kappa shape index (κ3) is 4.79. The normalized spacial score (nSPS) is 11.6. The van der Waals surface area contributed by atoms with Crippen molar-refractivity contribution in [3.8, 4) is 17.1 Å². The lowest BCUT2D eigenvalue weighted by Gasteiger charge is -2.18. The van der Waals surface area contributed by atoms with Crippen molar-refractivity contribution >= 4 is 81.3 Å². The molecule has 3 aromatic heterocycles. The summed E-state index contributed by atoms with van der Waals surface area (Å²) in [4.78, 5) is 0. The smallest absolute Gasteiger partial charge is 0.0724 e. The average Bonchev–Trinajstić information content (AvgIpc) is 3.84. The Kier molecular flexibility index (Phi) is 7.29. The number of hydrogen-bond donors (Lipinski definition) is 0. The largest absolute Gasteiger partial charge is 0.309 e. The summed E-state index contributed by atoms with van der Waals surface area (Å²) in [5.74, 6) is 0. The zero-order valence-electron chi connectivity index (χ0n) is 28.2. The maximum Gasteiger partial charge on any atom is 0.0724 e. The topological polar surface area (TPSA) is 14.8 Å². The van der Waals surface area contributed by atoms with Crippen LogP contribution in [0.4, 0.5) is 0 Å². The van der Waals surface area contributed by atoms with Crippen molar-refractivity contribution in [3.63, 3.8) is 0 Å². The number of halogens is 1. The monoisotopic (exact) mass is 729 g/mol. The molecule has 0 spiro atoms. The van der Waals surface area contributed by atoms with E-state index in [4.69, 9.17) is 0 Å². The van der Waals surface area contributed by atoms with Gasteiger partial charge in [0.15, 0.2) is 0 Å². The number of para-hydroxylation sites is 6. The molecule has 0 unspecified atom stereocenters. The molecule has 11 rings (SSSR count). The van der Waals surface area contributed by atoms with Crippen molar-refractivity contribution in [2.24, 2.45) is 0 Å². The molecule has 0 saturated heterocycles. The van der Waals surface area contributed by atoms with Crippen molar-refractivity contribution in [3.05, 3.63) is 199 Å². The summed E-state index contributed by atoms with van der Waals surface area (Å²) in [7, 11) is 0. The van der Waals surface area contributed by atoms with Crippen LogP contribution in [0.5, 0.6) is 0 Å². The van der Waals surface area contributed by atoms with Gasteiger partial charge in [0, 0.05) is 42.5 Å². The van der Waals surface area contributed by atoms with Gasteiger partial charge in [0.25, 0.3) is 0 Å². The highest BCUT2D eigenvalue weighted by atomic mass is 79.9. The van der Waals surface area contributed by atoms with Gasteiger partial charge in [-0.1, -0.05) is 143 Å². The van der Waals surface area contributed by atoms with E-state index in [0.29, 0.717) is 0 Å². The van der Waals surface area contributed by atoms with E-state index in [2.05, 4.69) is 193 Å². The molecular weight excluding hydrogens is 698 g/mol. The molecule has 0 N–H and O–H groups in total. The molecule has 0 amide bonds. The molecule has 52 heavy (non-hydrogen) atoms. The fraction of sp³-hybridized carbons (Fsp3) is 0. The molecule has 3 nitrogen and oxygen atoms in total. The van der Waals surface area contributed by atoms with E-state index in [-0.39, 0.29) is 0 Å². The van der Waals surface area contributed by atoms with Crippen LogP contribution in [0.3, 0.4) is 0 Å². The van der Waals surface area contributed by atoms with Gasteiger partial charge in [-0.05, 0) is 66.7 Å². The molecule has 0 aliphatic rings. The van der Waals surface area contributed by atoms with Crippen molar-refractivity contribution in [1.29, 1.82) is 0 Å². The van der Waals surface area contributed by atoms with E-state index in [1.54, 1.807) is 0 Å². The molecule has 11 aromatic rings. The van der Waals surface area contributed by atoms with Gasteiger partial charge in [0.1, 0.15) is 0 Å². The highest BCUT2D eigenvalue weighted by molar-refractivity contribution is 9.10. The molecule has 0 saturated carbocycles. The van der Waals surface area contributed by atoms with Gasteiger partial charge in [-0.2, -0.15) is 0 Å². The molecule has 246 valence electrons. The minimum atomic E-state index is 1.13. The number of benzene rings is 8. The number of aromatic nitrogens is 3. The number of hydrogen-bond acceptors (Lipinski definition) is 0. The van der Waals surface area contributed by atoms with Gasteiger partial charge in [0.05, 0.1) is 44.5 Å². The number of rotatable bonds is 3. The van der Waals surface area contributed by atoms with Crippen LogP contribution >= 0.6 is 15.9 Å². The zero-order valence-corrected chi connectivity index (χ0v) is 29.8. The Morgan fingerprint density at radius 3 is 1.00 bits per heavy atom. The molecular formula is C48H32BrN3. The van der Waals surface area contributed by atoms with E-state index in [0.717, 1.165) is 21.5 Å². The standard InChI is InChI=1S/C42H27N3.C6H5Br/c1-2-14-28(15-3-1)43-35-21-9-8-20-33(35)34-26-41(44-36-22-10-4-16-29(36)30-17-5-11-23-37(30)44)42(27-40(34)43)45-38-24-12-6-18-31(38)32-19-7-13-25-39(32)45;7-6-4-2-1-3-5-6/h1-27H;1-5H. The van der Waals surface area contributed by atoms with Gasteiger partial charge in [0.2, 0.25) is 0 Å². The summed E-state index contributed by atoms with van der Waals surface area (Å²) in [6.45, 7) is 0. The first-order valence-corrected chi connectivity index (χ1v) is 18.4. The zero-order chi connectivity index (χ0) is 34.6. The molecule has 0 aliphatic heterocycles. The summed E-state index contributed by atoms with van der Waals surface area (Å²) in [6.07, 6.45) is 0. The number of fused-ring (bicyclic) bond motifs is 9. The first kappa shape index (κ1) is 30.5. The van der Waals surface area contributed by atoms with Crippen molar-refractivity contribution < 1.29 is 0 Å². The maximum atomic E-state index is 3.31. The van der Waals surface area contributed by atoms with Crippen LogP contribution in [-0.4, -0.2) is 13.7 Å². The first-order chi connectivity index (χ1) is 25.8. The quantitative estimate of drug-likeness (QED) is 0.172. The van der Waals surface area contributed by atoms with E-state index in [1.165, 1.54) is 65.4 Å². The molecule has 0 atom stereocenters. The minimum absolute atomic E-state index is 1.13. The predicted octanol–water partition coefficient (Wildman–Crippen LogP) is 13.4. The highest BCUT2D eigenvalue weighted by Gasteiger charge is 2.22. The predicted molar refractivity (Wildman–Crippen MR) is 224 cm³/mol. The first-order valence-electron chi connectivity index (χ1n) is 17.6. The van der Waals surface area contributed by atoms with Crippen molar-refractivity contribution in [1.82, 2.24) is 13.7 Å². The lowest BCUT2D eigenvalue weighted by atomic mass is 10.1. The van der Waals surface area contributed by atoms with Crippen LogP contribution in [-0.2, 0) is 0 Å². The summed E-state index contributed by atoms with van der Waals surface area (Å²) >= 11 is 3.31. The summed E-state index contributed by atoms with van der Waals surface area (Å²) < 4.78 is 8.49. The van der Waals surface area contributed by atoms with Crippen LogP contribution in [0.2, 0.25) is 0 Å². The van der Waals surface area contributed by atoms with E-state index < -0.39 is 0 Å². The summed E-state index contributed by atoms with van der Waals surface area (Å²) in [5.41, 5.74) is 10.6. The lowest BCUT2D eigenvalue weighted by molar-refractivity contribution is 1.09. The van der Waals surface area contributed by atoms with Crippen LogP contribution < -0.4 is 0 Å². The van der Waals surface area contributed by atoms with Gasteiger partial charge in [-0.3, -0.25) is 0 Å². The Morgan fingerprint density at radius 1 is 0.269 bits per heavy atom. The Hall–Kier alpha value is -6.36. The summed E-state index contributed by atoms with van der Waals surface area (Å²) in [6, 6.07) is 69.5. The lowest BCUT2D eigenvalue weighted by Crippen LogP contribution is -2.04. The van der Waals surface area contributed by atoms with Crippen LogP contribution in [0.15, 0.2) is 199 Å². The van der Waals surface area contributed by atoms with Crippen LogP contribution in [0.25, 0.3) is 82.5 Å². The van der Waals surface area contributed by atoms with Gasteiger partial charge >= 0.3 is 0 Å². The second kappa shape index (κ2) is 12.4. The fourth-order valence-corrected chi connectivity index (χ4v) is 8.29. The minimum Gasteiger partial charge on any atom is -0.309 e. The molecule has 4 heteroatoms. The van der Waals surface area contributed by atoms with Gasteiger partial charge in [-0.15, -0.1) is 0 Å². The van der Waals surface area contributed by atoms with Gasteiger partial charge < -0.3 is 13.7 Å². The Balaban J connectivity index is 0.000000436. The third-order valence-electron chi connectivity index (χ3n) is 10.2. The highest BCUT2D eigenvalue weighted by Crippen LogP contribution is 2.42. The maximum absolute atomic E-state index is 3.31. The van der Waals surface area contributed by atoms with E-state index in [9.17, 15) is 0 Å². The molecule has 0 radical (unpaired) electrons. The van der Waals surface area contributed by atoms with Crippen LogP contribution in [0, 0.1) is 0 Å². The average molecular weight is 731 g/mol. The number of nitrogens with zero attached hydrogens (tertiary/aromatic N) is 3.